The lowest BCUT2D eigenvalue weighted by atomic mass is 9.86. The van der Waals surface area contributed by atoms with Gasteiger partial charge in [-0.1, -0.05) is 140 Å². The van der Waals surface area contributed by atoms with Crippen LogP contribution in [0.25, 0.3) is 93.6 Å². The Bertz CT molecular complexity index is 3720. The number of hydrogen-bond donors (Lipinski definition) is 1. The first kappa shape index (κ1) is 33.8. The molecule has 12 aromatic rings. The molecule has 3 aromatic heterocycles. The fourth-order valence-electron chi connectivity index (χ4n) is 10.1. The number of nitrogens with zero attached hydrogens (tertiary/aromatic N) is 2. The van der Waals surface area contributed by atoms with Crippen LogP contribution in [0.3, 0.4) is 0 Å². The van der Waals surface area contributed by atoms with Gasteiger partial charge in [0.15, 0.2) is 0 Å². The summed E-state index contributed by atoms with van der Waals surface area (Å²) >= 11 is 0. The van der Waals surface area contributed by atoms with E-state index in [0.29, 0.717) is 0 Å². The number of rotatable bonds is 5. The zero-order valence-corrected chi connectivity index (χ0v) is 33.1. The summed E-state index contributed by atoms with van der Waals surface area (Å²) in [5.74, 6) is 0. The van der Waals surface area contributed by atoms with Crippen molar-refractivity contribution >= 4 is 76.8 Å². The molecule has 1 aliphatic rings. The van der Waals surface area contributed by atoms with Gasteiger partial charge in [-0.15, -0.1) is 0 Å². The highest BCUT2D eigenvalue weighted by atomic mass is 16.3. The van der Waals surface area contributed by atoms with Crippen molar-refractivity contribution in [1.82, 2.24) is 9.13 Å². The van der Waals surface area contributed by atoms with Gasteiger partial charge in [0.2, 0.25) is 0 Å². The lowest BCUT2D eigenvalue weighted by Gasteiger charge is -2.27. The minimum absolute atomic E-state index is 0.00802. The molecule has 0 saturated heterocycles. The summed E-state index contributed by atoms with van der Waals surface area (Å²) < 4.78 is 11.9. The topological polar surface area (TPSA) is 35.0 Å². The van der Waals surface area contributed by atoms with Gasteiger partial charge in [-0.2, -0.15) is 0 Å². The zero-order valence-electron chi connectivity index (χ0n) is 33.1. The molecule has 13 rings (SSSR count). The van der Waals surface area contributed by atoms with Crippen LogP contribution < -0.4 is 5.32 Å². The second kappa shape index (κ2) is 13.2. The van der Waals surface area contributed by atoms with Gasteiger partial charge in [-0.25, -0.2) is 0 Å². The predicted molar refractivity (Wildman–Crippen MR) is 254 cm³/mol. The Kier molecular flexibility index (Phi) is 7.33. The number of nitrogens with one attached hydrogen (secondary N) is 1. The smallest absolute Gasteiger partial charge is 0.137 e. The van der Waals surface area contributed by atoms with E-state index in [1.54, 1.807) is 0 Å². The van der Waals surface area contributed by atoms with Gasteiger partial charge < -0.3 is 18.9 Å². The van der Waals surface area contributed by atoms with E-state index in [4.69, 9.17) is 4.42 Å². The standard InChI is InChI=1S/C57H37N3O/c1-4-16-36(17-5-1)38-32-47(46-35-49(37-18-6-2-7-19-37)58-48-25-13-10-22-41(46)48)55-45-29-28-40(34-53(45)61-54(55)33-38)59-51-27-15-12-24-44(51)56-52(59)31-30-43-42-23-11-14-26-50(42)60(57(43)56)39-20-8-3-9-21-39/h1-35,49,58H. The minimum atomic E-state index is 0.00802. The van der Waals surface area contributed by atoms with Crippen LogP contribution in [0.15, 0.2) is 217 Å². The van der Waals surface area contributed by atoms with Crippen LogP contribution in [0, 0.1) is 0 Å². The van der Waals surface area contributed by atoms with Crippen molar-refractivity contribution in [2.45, 2.75) is 6.04 Å². The van der Waals surface area contributed by atoms with E-state index in [9.17, 15) is 0 Å². The molecule has 9 aromatic carbocycles. The summed E-state index contributed by atoms with van der Waals surface area (Å²) in [6.07, 6.45) is 2.39. The summed E-state index contributed by atoms with van der Waals surface area (Å²) in [7, 11) is 0. The molecule has 1 N–H and O–H groups in total. The quantitative estimate of drug-likeness (QED) is 0.189. The summed E-state index contributed by atoms with van der Waals surface area (Å²) in [5, 5.41) is 11.0. The highest BCUT2D eigenvalue weighted by molar-refractivity contribution is 6.26. The van der Waals surface area contributed by atoms with Crippen LogP contribution >= 0.6 is 0 Å². The van der Waals surface area contributed by atoms with Crippen molar-refractivity contribution in [2.24, 2.45) is 0 Å². The molecule has 0 bridgehead atoms. The third-order valence-electron chi connectivity index (χ3n) is 12.7. The van der Waals surface area contributed by atoms with Crippen LogP contribution in [0.2, 0.25) is 0 Å². The van der Waals surface area contributed by atoms with E-state index in [2.05, 4.69) is 227 Å². The molecule has 0 fully saturated rings. The molecule has 1 atom stereocenters. The SMILES string of the molecule is C1=C(c2cc(-c3ccccc3)cc3oc4cc(-n5c6ccccc6c6c5ccc5c7ccccc7n(-c7ccccc7)c56)ccc4c23)c2ccccc2NC1c1ccccc1. The number of benzene rings is 9. The van der Waals surface area contributed by atoms with Crippen LogP contribution in [0.5, 0.6) is 0 Å². The van der Waals surface area contributed by atoms with E-state index in [0.717, 1.165) is 66.7 Å². The van der Waals surface area contributed by atoms with Gasteiger partial charge in [0, 0.05) is 61.0 Å². The van der Waals surface area contributed by atoms with Crippen molar-refractivity contribution in [3.63, 3.8) is 0 Å². The Morgan fingerprint density at radius 1 is 0.410 bits per heavy atom. The first-order valence-corrected chi connectivity index (χ1v) is 21.0. The number of para-hydroxylation sites is 4. The van der Waals surface area contributed by atoms with Crippen LogP contribution in [0.1, 0.15) is 22.7 Å². The fraction of sp³-hybridized carbons (Fsp3) is 0.0175. The molecule has 0 amide bonds. The third kappa shape index (κ3) is 5.12. The Balaban J connectivity index is 1.07. The molecular formula is C57H37N3O. The largest absolute Gasteiger partial charge is 0.456 e. The molecule has 61 heavy (non-hydrogen) atoms. The van der Waals surface area contributed by atoms with Crippen molar-refractivity contribution in [3.8, 4) is 22.5 Å². The Hall–Kier alpha value is -8.08. The first-order valence-electron chi connectivity index (χ1n) is 21.0. The van der Waals surface area contributed by atoms with Gasteiger partial charge in [-0.05, 0) is 94.6 Å². The number of furan rings is 1. The molecule has 4 nitrogen and oxygen atoms in total. The fourth-order valence-corrected chi connectivity index (χ4v) is 10.1. The summed E-state index contributed by atoms with van der Waals surface area (Å²) in [4.78, 5) is 0. The molecule has 1 unspecified atom stereocenters. The maximum absolute atomic E-state index is 7.04. The van der Waals surface area contributed by atoms with E-state index in [1.807, 2.05) is 0 Å². The average molecular weight is 780 g/mol. The second-order valence-corrected chi connectivity index (χ2v) is 16.1. The van der Waals surface area contributed by atoms with E-state index >= 15 is 0 Å². The van der Waals surface area contributed by atoms with Gasteiger partial charge in [-0.3, -0.25) is 0 Å². The number of anilines is 1. The van der Waals surface area contributed by atoms with E-state index in [-0.39, 0.29) is 6.04 Å². The van der Waals surface area contributed by atoms with E-state index < -0.39 is 0 Å². The number of fused-ring (bicyclic) bond motifs is 11. The zero-order chi connectivity index (χ0) is 40.0. The summed E-state index contributed by atoms with van der Waals surface area (Å²) in [5.41, 5.74) is 16.8. The lowest BCUT2D eigenvalue weighted by Crippen LogP contribution is -2.15. The highest BCUT2D eigenvalue weighted by Gasteiger charge is 2.26. The maximum Gasteiger partial charge on any atom is 0.137 e. The highest BCUT2D eigenvalue weighted by Crippen LogP contribution is 2.46. The molecule has 0 aliphatic carbocycles. The second-order valence-electron chi connectivity index (χ2n) is 16.1. The van der Waals surface area contributed by atoms with Crippen LogP contribution in [0.4, 0.5) is 5.69 Å². The average Bonchev–Trinajstić information content (AvgIpc) is 3.99. The monoisotopic (exact) mass is 779 g/mol. The molecule has 0 spiro atoms. The summed E-state index contributed by atoms with van der Waals surface area (Å²) in [6, 6.07) is 74.3. The number of aromatic nitrogens is 2. The lowest BCUT2D eigenvalue weighted by molar-refractivity contribution is 0.669. The molecule has 286 valence electrons. The predicted octanol–water partition coefficient (Wildman–Crippen LogP) is 15.0. The Labute approximate surface area is 351 Å². The maximum atomic E-state index is 7.04. The van der Waals surface area contributed by atoms with Gasteiger partial charge >= 0.3 is 0 Å². The van der Waals surface area contributed by atoms with Crippen molar-refractivity contribution in [2.75, 3.05) is 5.32 Å². The Morgan fingerprint density at radius 3 is 1.90 bits per heavy atom. The van der Waals surface area contributed by atoms with Gasteiger partial charge in [0.25, 0.3) is 0 Å². The molecular weight excluding hydrogens is 743 g/mol. The summed E-state index contributed by atoms with van der Waals surface area (Å²) in [6.45, 7) is 0. The Morgan fingerprint density at radius 2 is 1.08 bits per heavy atom. The number of hydrogen-bond acceptors (Lipinski definition) is 2. The molecule has 4 heteroatoms. The molecule has 0 radical (unpaired) electrons. The third-order valence-corrected chi connectivity index (χ3v) is 12.7. The first-order chi connectivity index (χ1) is 30.3. The molecule has 1 aliphatic heterocycles. The molecule has 0 saturated carbocycles. The van der Waals surface area contributed by atoms with Gasteiger partial charge in [0.05, 0.1) is 28.1 Å². The van der Waals surface area contributed by atoms with Crippen molar-refractivity contribution < 1.29 is 4.42 Å². The van der Waals surface area contributed by atoms with Crippen molar-refractivity contribution in [3.05, 3.63) is 229 Å². The van der Waals surface area contributed by atoms with Gasteiger partial charge in [0.1, 0.15) is 11.2 Å². The van der Waals surface area contributed by atoms with Crippen LogP contribution in [-0.2, 0) is 0 Å². The van der Waals surface area contributed by atoms with E-state index in [1.165, 1.54) is 49.3 Å². The minimum Gasteiger partial charge on any atom is -0.456 e. The molecule has 4 heterocycles. The normalized spacial score (nSPS) is 14.0. The van der Waals surface area contributed by atoms with Crippen molar-refractivity contribution in [1.29, 1.82) is 0 Å². The van der Waals surface area contributed by atoms with Crippen LogP contribution in [-0.4, -0.2) is 9.13 Å².